The van der Waals surface area contributed by atoms with Gasteiger partial charge in [-0.1, -0.05) is 18.2 Å². The van der Waals surface area contributed by atoms with Crippen molar-refractivity contribution < 1.29 is 35.9 Å². The van der Waals surface area contributed by atoms with E-state index in [0.717, 1.165) is 9.21 Å². The number of piperazine rings is 1. The van der Waals surface area contributed by atoms with Crippen molar-refractivity contribution in [3.05, 3.63) is 30.3 Å². The molecule has 1 unspecified atom stereocenters. The molecule has 0 N–H and O–H groups in total. The van der Waals surface area contributed by atoms with Crippen LogP contribution in [0.4, 0.5) is 18.0 Å². The number of aldehydes is 1. The van der Waals surface area contributed by atoms with Crippen LogP contribution in [0.5, 0.6) is 0 Å². The number of nitrogens with zero attached hydrogens (tertiary/aromatic N) is 2. The molecule has 2 rings (SSSR count). The molecule has 1 atom stereocenters. The molecule has 1 heterocycles. The van der Waals surface area contributed by atoms with Crippen molar-refractivity contribution in [3.63, 3.8) is 0 Å². The zero-order chi connectivity index (χ0) is 18.7. The highest BCUT2D eigenvalue weighted by molar-refractivity contribution is 7.89. The minimum Gasteiger partial charge on any atom is -0.429 e. The molecule has 0 saturated carbocycles. The largest absolute Gasteiger partial charge is 0.432 e. The van der Waals surface area contributed by atoms with Crippen molar-refractivity contribution in [2.75, 3.05) is 26.2 Å². The fraction of sp³-hybridized carbons (Fsp3) is 0.429. The summed E-state index contributed by atoms with van der Waals surface area (Å²) in [7, 11) is -3.74. The monoisotopic (exact) mass is 380 g/mol. The Bertz CT molecular complexity index is 716. The number of alkyl halides is 3. The molecule has 0 aliphatic carbocycles. The van der Waals surface area contributed by atoms with Crippen LogP contribution in [-0.4, -0.2) is 68.5 Å². The number of benzene rings is 1. The van der Waals surface area contributed by atoms with Crippen LogP contribution in [0.15, 0.2) is 35.2 Å². The zero-order valence-electron chi connectivity index (χ0n) is 12.8. The van der Waals surface area contributed by atoms with Crippen LogP contribution in [0.2, 0.25) is 0 Å². The van der Waals surface area contributed by atoms with Crippen molar-refractivity contribution >= 4 is 22.4 Å². The molecule has 1 amide bonds. The van der Waals surface area contributed by atoms with Gasteiger partial charge in [0.2, 0.25) is 10.0 Å². The van der Waals surface area contributed by atoms with Gasteiger partial charge in [0.05, 0.1) is 4.90 Å². The summed E-state index contributed by atoms with van der Waals surface area (Å²) in [6.07, 6.45) is -9.65. The van der Waals surface area contributed by atoms with Gasteiger partial charge in [0.15, 0.2) is 6.29 Å². The highest BCUT2D eigenvalue weighted by atomic mass is 32.2. The maximum Gasteiger partial charge on any atom is 0.432 e. The average Bonchev–Trinajstić information content (AvgIpc) is 2.59. The van der Waals surface area contributed by atoms with Gasteiger partial charge in [-0.25, -0.2) is 13.2 Å². The van der Waals surface area contributed by atoms with Gasteiger partial charge in [0, 0.05) is 26.2 Å². The predicted molar refractivity (Wildman–Crippen MR) is 79.2 cm³/mol. The second-order valence-electron chi connectivity index (χ2n) is 5.19. The smallest absolute Gasteiger partial charge is 0.429 e. The first-order valence-electron chi connectivity index (χ1n) is 7.19. The quantitative estimate of drug-likeness (QED) is 0.735. The third kappa shape index (κ3) is 4.48. The predicted octanol–water partition coefficient (Wildman–Crippen LogP) is 1.26. The molecule has 0 spiro atoms. The second-order valence-corrected chi connectivity index (χ2v) is 7.12. The molecular weight excluding hydrogens is 365 g/mol. The van der Waals surface area contributed by atoms with Gasteiger partial charge in [-0.2, -0.15) is 17.5 Å². The van der Waals surface area contributed by atoms with Crippen LogP contribution in [0, 0.1) is 0 Å². The van der Waals surface area contributed by atoms with E-state index >= 15 is 0 Å². The number of halogens is 3. The summed E-state index contributed by atoms with van der Waals surface area (Å²) in [5.41, 5.74) is 0. The number of sulfonamides is 1. The van der Waals surface area contributed by atoms with E-state index in [1.165, 1.54) is 12.1 Å². The van der Waals surface area contributed by atoms with Crippen molar-refractivity contribution in [1.82, 2.24) is 9.21 Å². The maximum atomic E-state index is 12.4. The molecule has 1 aromatic carbocycles. The molecular formula is C14H15F3N2O5S. The molecule has 1 aliphatic rings. The van der Waals surface area contributed by atoms with Gasteiger partial charge in [-0.05, 0) is 12.1 Å². The lowest BCUT2D eigenvalue weighted by molar-refractivity contribution is -0.199. The summed E-state index contributed by atoms with van der Waals surface area (Å²) >= 11 is 0. The lowest BCUT2D eigenvalue weighted by Crippen LogP contribution is -2.51. The zero-order valence-corrected chi connectivity index (χ0v) is 13.7. The van der Waals surface area contributed by atoms with Crippen LogP contribution >= 0.6 is 0 Å². The fourth-order valence-electron chi connectivity index (χ4n) is 2.21. The highest BCUT2D eigenvalue weighted by Gasteiger charge is 2.44. The summed E-state index contributed by atoms with van der Waals surface area (Å²) in [5, 5.41) is 0. The van der Waals surface area contributed by atoms with Gasteiger partial charge < -0.3 is 9.64 Å². The minimum atomic E-state index is -4.99. The first-order valence-corrected chi connectivity index (χ1v) is 8.63. The fourth-order valence-corrected chi connectivity index (χ4v) is 3.65. The number of carbonyl (C=O) groups is 2. The number of hydrogen-bond acceptors (Lipinski definition) is 5. The van der Waals surface area contributed by atoms with Gasteiger partial charge in [0.1, 0.15) is 0 Å². The Hall–Kier alpha value is -2.14. The van der Waals surface area contributed by atoms with Gasteiger partial charge in [-0.15, -0.1) is 0 Å². The molecule has 7 nitrogen and oxygen atoms in total. The number of carbonyl (C=O) groups excluding carboxylic acids is 2. The molecule has 0 bridgehead atoms. The Morgan fingerprint density at radius 1 is 1.12 bits per heavy atom. The lowest BCUT2D eigenvalue weighted by Gasteiger charge is -2.33. The molecule has 0 aromatic heterocycles. The Kier molecular flexibility index (Phi) is 5.68. The van der Waals surface area contributed by atoms with E-state index in [1.54, 1.807) is 18.2 Å². The SMILES string of the molecule is O=CC(OC(=O)N1CCN(S(=O)(=O)c2ccccc2)CC1)C(F)(F)F. The van der Waals surface area contributed by atoms with E-state index < -0.39 is 34.7 Å². The Balaban J connectivity index is 1.97. The van der Waals surface area contributed by atoms with Gasteiger partial charge >= 0.3 is 12.3 Å². The van der Waals surface area contributed by atoms with E-state index in [-0.39, 0.29) is 31.1 Å². The second kappa shape index (κ2) is 7.40. The van der Waals surface area contributed by atoms with Gasteiger partial charge in [-0.3, -0.25) is 4.79 Å². The summed E-state index contributed by atoms with van der Waals surface area (Å²) in [4.78, 5) is 23.1. The highest BCUT2D eigenvalue weighted by Crippen LogP contribution is 2.23. The number of amides is 1. The summed E-state index contributed by atoms with van der Waals surface area (Å²) in [6, 6.07) is 7.65. The Morgan fingerprint density at radius 2 is 1.68 bits per heavy atom. The molecule has 138 valence electrons. The van der Waals surface area contributed by atoms with Crippen molar-refractivity contribution in [2.24, 2.45) is 0 Å². The molecule has 0 radical (unpaired) electrons. The summed E-state index contributed by atoms with van der Waals surface area (Å²) in [6.45, 7) is -0.475. The van der Waals surface area contributed by atoms with Gasteiger partial charge in [0.25, 0.3) is 6.10 Å². The van der Waals surface area contributed by atoms with E-state index in [4.69, 9.17) is 0 Å². The van der Waals surface area contributed by atoms with Crippen LogP contribution < -0.4 is 0 Å². The first-order chi connectivity index (χ1) is 11.7. The number of rotatable bonds is 4. The van der Waals surface area contributed by atoms with Crippen LogP contribution in [-0.2, 0) is 19.6 Å². The molecule has 1 aromatic rings. The first kappa shape index (κ1) is 19.2. The maximum absolute atomic E-state index is 12.4. The molecule has 25 heavy (non-hydrogen) atoms. The van der Waals surface area contributed by atoms with E-state index in [1.807, 2.05) is 0 Å². The molecule has 11 heteroatoms. The Morgan fingerprint density at radius 3 is 2.16 bits per heavy atom. The Labute approximate surface area is 142 Å². The van der Waals surface area contributed by atoms with Crippen LogP contribution in [0.1, 0.15) is 0 Å². The summed E-state index contributed by atoms with van der Waals surface area (Å²) < 4.78 is 67.4. The third-order valence-electron chi connectivity index (χ3n) is 3.55. The molecule has 1 saturated heterocycles. The number of ether oxygens (including phenoxy) is 1. The van der Waals surface area contributed by atoms with E-state index in [9.17, 15) is 31.2 Å². The number of hydrogen-bond donors (Lipinski definition) is 0. The minimum absolute atomic E-state index is 0.0871. The van der Waals surface area contributed by atoms with Crippen molar-refractivity contribution in [1.29, 1.82) is 0 Å². The molecule has 1 fully saturated rings. The lowest BCUT2D eigenvalue weighted by atomic mass is 10.4. The topological polar surface area (TPSA) is 84.0 Å². The van der Waals surface area contributed by atoms with Crippen LogP contribution in [0.25, 0.3) is 0 Å². The normalized spacial score (nSPS) is 17.8. The average molecular weight is 380 g/mol. The van der Waals surface area contributed by atoms with Crippen molar-refractivity contribution in [2.45, 2.75) is 17.2 Å². The van der Waals surface area contributed by atoms with E-state index in [2.05, 4.69) is 4.74 Å². The third-order valence-corrected chi connectivity index (χ3v) is 5.46. The van der Waals surface area contributed by atoms with E-state index in [0.29, 0.717) is 0 Å². The van der Waals surface area contributed by atoms with Crippen molar-refractivity contribution in [3.8, 4) is 0 Å². The summed E-state index contributed by atoms with van der Waals surface area (Å²) in [5.74, 6) is 0. The standard InChI is InChI=1S/C14H15F3N2O5S/c15-14(16,17)12(10-20)24-13(21)18-6-8-19(9-7-18)25(22,23)11-4-2-1-3-5-11/h1-5,10,12H,6-9H2. The van der Waals surface area contributed by atoms with Crippen LogP contribution in [0.3, 0.4) is 0 Å². The molecule has 1 aliphatic heterocycles.